The number of pyridine rings is 1. The van der Waals surface area contributed by atoms with Crippen molar-refractivity contribution in [2.75, 3.05) is 18.6 Å². The molecule has 0 unspecified atom stereocenters. The summed E-state index contributed by atoms with van der Waals surface area (Å²) in [6.45, 7) is 8.62. The molecule has 3 heterocycles. The van der Waals surface area contributed by atoms with E-state index in [1.54, 1.807) is 25.3 Å². The van der Waals surface area contributed by atoms with Crippen molar-refractivity contribution in [3.8, 4) is 11.5 Å². The van der Waals surface area contributed by atoms with Crippen molar-refractivity contribution in [3.05, 3.63) is 93.0 Å². The molecule has 1 atom stereocenters. The molecule has 1 aliphatic rings. The molecule has 7 heteroatoms. The summed E-state index contributed by atoms with van der Waals surface area (Å²) >= 11 is 0. The summed E-state index contributed by atoms with van der Waals surface area (Å²) in [4.78, 5) is 33.8. The predicted molar refractivity (Wildman–Crippen MR) is 143 cm³/mol. The lowest BCUT2D eigenvalue weighted by molar-refractivity contribution is 0.0970. The highest BCUT2D eigenvalue weighted by Crippen LogP contribution is 2.43. The number of hydrogen-bond acceptors (Lipinski definition) is 6. The quantitative estimate of drug-likeness (QED) is 0.311. The van der Waals surface area contributed by atoms with E-state index in [0.717, 1.165) is 17.7 Å². The van der Waals surface area contributed by atoms with Gasteiger partial charge < -0.3 is 13.9 Å². The monoisotopic (exact) mass is 498 g/mol. The third kappa shape index (κ3) is 4.46. The molecule has 0 N–H and O–H groups in total. The van der Waals surface area contributed by atoms with Crippen LogP contribution in [0.1, 0.15) is 59.2 Å². The van der Waals surface area contributed by atoms with Crippen molar-refractivity contribution in [2.45, 2.75) is 40.2 Å². The minimum absolute atomic E-state index is 0.0332. The Morgan fingerprint density at radius 3 is 2.57 bits per heavy atom. The second-order valence-corrected chi connectivity index (χ2v) is 9.83. The van der Waals surface area contributed by atoms with E-state index < -0.39 is 11.9 Å². The van der Waals surface area contributed by atoms with Crippen LogP contribution in [0.3, 0.4) is 0 Å². The molecule has 5 rings (SSSR count). The van der Waals surface area contributed by atoms with Crippen LogP contribution < -0.4 is 19.8 Å². The van der Waals surface area contributed by atoms with Crippen LogP contribution in [0.5, 0.6) is 11.5 Å². The molecule has 4 aromatic rings. The first-order chi connectivity index (χ1) is 17.8. The van der Waals surface area contributed by atoms with Crippen LogP contribution in [-0.4, -0.2) is 24.6 Å². The van der Waals surface area contributed by atoms with Gasteiger partial charge in [-0.1, -0.05) is 37.6 Å². The number of nitrogens with zero attached hydrogens (tertiary/aromatic N) is 2. The highest BCUT2D eigenvalue weighted by atomic mass is 16.5. The second-order valence-electron chi connectivity index (χ2n) is 9.83. The minimum atomic E-state index is -0.739. The molecule has 0 saturated heterocycles. The molecule has 2 aromatic heterocycles. The second kappa shape index (κ2) is 9.73. The van der Waals surface area contributed by atoms with Crippen molar-refractivity contribution in [1.29, 1.82) is 0 Å². The van der Waals surface area contributed by atoms with E-state index in [4.69, 9.17) is 13.9 Å². The maximum atomic E-state index is 13.9. The Morgan fingerprint density at radius 1 is 1.03 bits per heavy atom. The third-order valence-electron chi connectivity index (χ3n) is 6.60. The van der Waals surface area contributed by atoms with Gasteiger partial charge in [0.1, 0.15) is 11.4 Å². The topological polar surface area (TPSA) is 81.9 Å². The first-order valence-electron chi connectivity index (χ1n) is 12.4. The van der Waals surface area contributed by atoms with Crippen LogP contribution in [0, 0.1) is 19.8 Å². The van der Waals surface area contributed by atoms with Gasteiger partial charge in [0.05, 0.1) is 30.7 Å². The minimum Gasteiger partial charge on any atom is -0.493 e. The van der Waals surface area contributed by atoms with E-state index in [-0.39, 0.29) is 11.2 Å². The molecular formula is C30H30N2O5. The van der Waals surface area contributed by atoms with Crippen LogP contribution in [0.2, 0.25) is 0 Å². The standard InChI is InChI=1S/C30H30N2O5/c1-17(2)13-14-36-23-12-10-20(16-24(23)35-5)27-26-28(33)21-15-18(3)9-11-22(21)37-29(26)30(34)32(27)25-8-6-7-19(4)31-25/h6-12,15-17,27H,13-14H2,1-5H3/t27-/m1/s1. The molecule has 0 radical (unpaired) electrons. The largest absolute Gasteiger partial charge is 0.493 e. The number of carbonyl (C=O) groups is 1. The SMILES string of the molecule is COc1cc([C@@H]2c3c(oc4ccc(C)cc4c3=O)C(=O)N2c2cccc(C)n2)ccc1OCCC(C)C. The predicted octanol–water partition coefficient (Wildman–Crippen LogP) is 5.99. The van der Waals surface area contributed by atoms with Crippen molar-refractivity contribution < 1.29 is 18.7 Å². The molecule has 2 aromatic carbocycles. The number of hydrogen-bond donors (Lipinski definition) is 0. The summed E-state index contributed by atoms with van der Waals surface area (Å²) in [6.07, 6.45) is 0.912. The fourth-order valence-corrected chi connectivity index (χ4v) is 4.68. The van der Waals surface area contributed by atoms with Crippen molar-refractivity contribution in [3.63, 3.8) is 0 Å². The lowest BCUT2D eigenvalue weighted by Crippen LogP contribution is -2.30. The van der Waals surface area contributed by atoms with Gasteiger partial charge in [-0.25, -0.2) is 4.98 Å². The fraction of sp³-hybridized carbons (Fsp3) is 0.300. The van der Waals surface area contributed by atoms with Gasteiger partial charge in [-0.2, -0.15) is 0 Å². The maximum absolute atomic E-state index is 13.9. The van der Waals surface area contributed by atoms with E-state index in [2.05, 4.69) is 18.8 Å². The Hall–Kier alpha value is -4.13. The number of methoxy groups -OCH3 is 1. The fourth-order valence-electron chi connectivity index (χ4n) is 4.68. The average Bonchev–Trinajstić information content (AvgIpc) is 3.17. The Labute approximate surface area is 215 Å². The Kier molecular flexibility index (Phi) is 6.46. The molecular weight excluding hydrogens is 468 g/mol. The van der Waals surface area contributed by atoms with Gasteiger partial charge in [0, 0.05) is 5.69 Å². The van der Waals surface area contributed by atoms with E-state index in [9.17, 15) is 9.59 Å². The molecule has 0 bridgehead atoms. The summed E-state index contributed by atoms with van der Waals surface area (Å²) in [6, 6.07) is 15.6. The lowest BCUT2D eigenvalue weighted by Gasteiger charge is -2.25. The Balaban J connectivity index is 1.69. The average molecular weight is 499 g/mol. The van der Waals surface area contributed by atoms with E-state index >= 15 is 0 Å². The summed E-state index contributed by atoms with van der Waals surface area (Å²) in [5.74, 6) is 1.72. The molecule has 1 amide bonds. The Bertz CT molecular complexity index is 1560. The number of carbonyl (C=O) groups excluding carboxylic acids is 1. The molecule has 0 spiro atoms. The van der Waals surface area contributed by atoms with Crippen molar-refractivity contribution in [2.24, 2.45) is 5.92 Å². The number of anilines is 1. The molecule has 1 aliphatic heterocycles. The van der Waals surface area contributed by atoms with Gasteiger partial charge in [0.2, 0.25) is 5.76 Å². The normalized spacial score (nSPS) is 14.9. The van der Waals surface area contributed by atoms with Gasteiger partial charge >= 0.3 is 0 Å². The van der Waals surface area contributed by atoms with E-state index in [0.29, 0.717) is 51.9 Å². The molecule has 190 valence electrons. The molecule has 0 saturated carbocycles. The van der Waals surface area contributed by atoms with Gasteiger partial charge in [-0.05, 0) is 68.1 Å². The first-order valence-corrected chi connectivity index (χ1v) is 12.4. The zero-order valence-corrected chi connectivity index (χ0v) is 21.7. The van der Waals surface area contributed by atoms with Gasteiger partial charge in [-0.3, -0.25) is 14.5 Å². The maximum Gasteiger partial charge on any atom is 0.296 e. The Morgan fingerprint density at radius 2 is 1.84 bits per heavy atom. The number of fused-ring (bicyclic) bond motifs is 2. The zero-order chi connectivity index (χ0) is 26.3. The number of ether oxygens (including phenoxy) is 2. The summed E-state index contributed by atoms with van der Waals surface area (Å²) in [5, 5.41) is 0.441. The van der Waals surface area contributed by atoms with Gasteiger partial charge in [-0.15, -0.1) is 0 Å². The third-order valence-corrected chi connectivity index (χ3v) is 6.60. The van der Waals surface area contributed by atoms with Crippen LogP contribution >= 0.6 is 0 Å². The molecule has 0 aliphatic carbocycles. The number of rotatable bonds is 7. The smallest absolute Gasteiger partial charge is 0.296 e. The van der Waals surface area contributed by atoms with Gasteiger partial charge in [0.15, 0.2) is 16.9 Å². The highest BCUT2D eigenvalue weighted by molar-refractivity contribution is 6.10. The van der Waals surface area contributed by atoms with E-state index in [1.807, 2.05) is 50.2 Å². The number of benzene rings is 2. The number of aromatic nitrogens is 1. The molecule has 0 fully saturated rings. The van der Waals surface area contributed by atoms with Crippen molar-refractivity contribution in [1.82, 2.24) is 4.98 Å². The van der Waals surface area contributed by atoms with Crippen LogP contribution in [0.25, 0.3) is 11.0 Å². The highest BCUT2D eigenvalue weighted by Gasteiger charge is 2.44. The summed E-state index contributed by atoms with van der Waals surface area (Å²) < 4.78 is 17.7. The van der Waals surface area contributed by atoms with Gasteiger partial charge in [0.25, 0.3) is 5.91 Å². The molecule has 7 nitrogen and oxygen atoms in total. The summed E-state index contributed by atoms with van der Waals surface area (Å²) in [7, 11) is 1.58. The zero-order valence-electron chi connectivity index (χ0n) is 21.7. The van der Waals surface area contributed by atoms with Crippen LogP contribution in [0.15, 0.2) is 63.8 Å². The lowest BCUT2D eigenvalue weighted by atomic mass is 9.97. The number of amides is 1. The number of aryl methyl sites for hydroxylation is 2. The van der Waals surface area contributed by atoms with Crippen molar-refractivity contribution >= 4 is 22.7 Å². The molecule has 37 heavy (non-hydrogen) atoms. The van der Waals surface area contributed by atoms with Crippen LogP contribution in [0.4, 0.5) is 5.82 Å². The summed E-state index contributed by atoms with van der Waals surface area (Å²) in [5.41, 5.74) is 2.83. The van der Waals surface area contributed by atoms with E-state index in [1.165, 1.54) is 4.90 Å². The van der Waals surface area contributed by atoms with Crippen LogP contribution in [-0.2, 0) is 0 Å². The first kappa shape index (κ1) is 24.6.